The number of hydrogen-bond acceptors (Lipinski definition) is 3. The van der Waals surface area contributed by atoms with E-state index in [1.807, 2.05) is 20.2 Å². The molecule has 0 unspecified atom stereocenters. The van der Waals surface area contributed by atoms with Gasteiger partial charge in [-0.05, 0) is 18.9 Å². The Balaban J connectivity index is 2.55. The fraction of sp³-hybridized carbons (Fsp3) is 0.417. The van der Waals surface area contributed by atoms with Gasteiger partial charge in [-0.15, -0.1) is 0 Å². The molecule has 0 aliphatic rings. The molecule has 0 spiro atoms. The van der Waals surface area contributed by atoms with Gasteiger partial charge in [-0.25, -0.2) is 9.97 Å². The van der Waals surface area contributed by atoms with E-state index in [1.165, 1.54) is 0 Å². The Morgan fingerprint density at radius 3 is 2.65 bits per heavy atom. The van der Waals surface area contributed by atoms with Crippen molar-refractivity contribution in [3.05, 3.63) is 28.8 Å². The van der Waals surface area contributed by atoms with Crippen LogP contribution in [0.5, 0.6) is 0 Å². The Morgan fingerprint density at radius 1 is 1.24 bits per heavy atom. The molecule has 17 heavy (non-hydrogen) atoms. The van der Waals surface area contributed by atoms with Gasteiger partial charge in [0, 0.05) is 18.9 Å². The van der Waals surface area contributed by atoms with E-state index >= 15 is 0 Å². The lowest BCUT2D eigenvalue weighted by Gasteiger charge is -2.02. The molecule has 2 heterocycles. The van der Waals surface area contributed by atoms with E-state index < -0.39 is 0 Å². The molecular formula is C12H15ClN4. The van der Waals surface area contributed by atoms with Crippen molar-refractivity contribution < 1.29 is 0 Å². The van der Waals surface area contributed by atoms with Gasteiger partial charge < -0.3 is 0 Å². The van der Waals surface area contributed by atoms with Crippen LogP contribution in [0.3, 0.4) is 0 Å². The Bertz CT molecular complexity index is 533. The summed E-state index contributed by atoms with van der Waals surface area (Å²) in [4.78, 5) is 8.77. The van der Waals surface area contributed by atoms with E-state index in [0.717, 1.165) is 29.8 Å². The molecule has 0 aliphatic heterocycles. The SMILES string of the molecule is CCc1cc(Cl)nc(-c2cn(C)nc2CC)n1. The molecule has 4 nitrogen and oxygen atoms in total. The second-order valence-corrected chi connectivity index (χ2v) is 4.26. The molecule has 2 aromatic heterocycles. The molecule has 0 N–H and O–H groups in total. The molecule has 2 aromatic rings. The van der Waals surface area contributed by atoms with Gasteiger partial charge in [0.2, 0.25) is 0 Å². The van der Waals surface area contributed by atoms with Crippen LogP contribution in [0.15, 0.2) is 12.3 Å². The standard InChI is InChI=1S/C12H15ClN4/c1-4-8-6-11(13)15-12(14-8)9-7-17(3)16-10(9)5-2/h6-7H,4-5H2,1-3H3. The van der Waals surface area contributed by atoms with E-state index in [0.29, 0.717) is 11.0 Å². The molecule has 0 bridgehead atoms. The van der Waals surface area contributed by atoms with Crippen LogP contribution in [-0.4, -0.2) is 19.7 Å². The molecule has 0 saturated carbocycles. The summed E-state index contributed by atoms with van der Waals surface area (Å²) in [5, 5.41) is 4.87. The first kappa shape index (κ1) is 12.0. The van der Waals surface area contributed by atoms with Crippen molar-refractivity contribution in [1.82, 2.24) is 19.7 Å². The summed E-state index contributed by atoms with van der Waals surface area (Å²) >= 11 is 6.00. The zero-order valence-corrected chi connectivity index (χ0v) is 11.0. The maximum Gasteiger partial charge on any atom is 0.164 e. The second kappa shape index (κ2) is 4.84. The van der Waals surface area contributed by atoms with Crippen molar-refractivity contribution in [2.24, 2.45) is 7.05 Å². The highest BCUT2D eigenvalue weighted by molar-refractivity contribution is 6.29. The van der Waals surface area contributed by atoms with Crippen LogP contribution in [-0.2, 0) is 19.9 Å². The number of aryl methyl sites for hydroxylation is 3. The molecule has 2 rings (SSSR count). The number of hydrogen-bond donors (Lipinski definition) is 0. The predicted octanol–water partition coefficient (Wildman–Crippen LogP) is 2.66. The highest BCUT2D eigenvalue weighted by Crippen LogP contribution is 2.21. The minimum Gasteiger partial charge on any atom is -0.275 e. The van der Waals surface area contributed by atoms with E-state index in [4.69, 9.17) is 11.6 Å². The largest absolute Gasteiger partial charge is 0.275 e. The Morgan fingerprint density at radius 2 is 2.00 bits per heavy atom. The topological polar surface area (TPSA) is 43.6 Å². The summed E-state index contributed by atoms with van der Waals surface area (Å²) in [6, 6.07) is 1.80. The van der Waals surface area contributed by atoms with E-state index in [-0.39, 0.29) is 0 Å². The molecule has 5 heteroatoms. The van der Waals surface area contributed by atoms with Crippen LogP contribution in [0.25, 0.3) is 11.4 Å². The molecule has 0 amide bonds. The highest BCUT2D eigenvalue weighted by Gasteiger charge is 2.12. The summed E-state index contributed by atoms with van der Waals surface area (Å²) in [5.74, 6) is 0.666. The zero-order valence-electron chi connectivity index (χ0n) is 10.2. The van der Waals surface area contributed by atoms with Crippen molar-refractivity contribution in [3.63, 3.8) is 0 Å². The van der Waals surface area contributed by atoms with Crippen molar-refractivity contribution in [3.8, 4) is 11.4 Å². The first-order valence-corrected chi connectivity index (χ1v) is 6.08. The smallest absolute Gasteiger partial charge is 0.164 e. The lowest BCUT2D eigenvalue weighted by Crippen LogP contribution is -1.96. The van der Waals surface area contributed by atoms with Crippen LogP contribution < -0.4 is 0 Å². The third-order valence-corrected chi connectivity index (χ3v) is 2.78. The summed E-state index contributed by atoms with van der Waals surface area (Å²) in [6.07, 6.45) is 3.63. The van der Waals surface area contributed by atoms with Gasteiger partial charge in [0.25, 0.3) is 0 Å². The molecular weight excluding hydrogens is 236 g/mol. The summed E-state index contributed by atoms with van der Waals surface area (Å²) in [5.41, 5.74) is 2.91. The predicted molar refractivity (Wildman–Crippen MR) is 68.0 cm³/mol. The van der Waals surface area contributed by atoms with Crippen molar-refractivity contribution >= 4 is 11.6 Å². The molecule has 90 valence electrons. The van der Waals surface area contributed by atoms with E-state index in [2.05, 4.69) is 22.0 Å². The van der Waals surface area contributed by atoms with Crippen molar-refractivity contribution in [1.29, 1.82) is 0 Å². The third-order valence-electron chi connectivity index (χ3n) is 2.59. The van der Waals surface area contributed by atoms with Crippen LogP contribution in [0.4, 0.5) is 0 Å². The van der Waals surface area contributed by atoms with Gasteiger partial charge in [-0.2, -0.15) is 5.10 Å². The molecule has 0 atom stereocenters. The fourth-order valence-electron chi connectivity index (χ4n) is 1.75. The highest BCUT2D eigenvalue weighted by atomic mass is 35.5. The van der Waals surface area contributed by atoms with Crippen LogP contribution in [0, 0.1) is 0 Å². The Hall–Kier alpha value is -1.42. The number of aromatic nitrogens is 4. The van der Waals surface area contributed by atoms with Crippen LogP contribution in [0.2, 0.25) is 5.15 Å². The van der Waals surface area contributed by atoms with E-state index in [9.17, 15) is 0 Å². The normalized spacial score (nSPS) is 10.8. The molecule has 0 radical (unpaired) electrons. The second-order valence-electron chi connectivity index (χ2n) is 3.88. The zero-order chi connectivity index (χ0) is 12.4. The molecule has 0 saturated heterocycles. The first-order chi connectivity index (χ1) is 8.13. The average Bonchev–Trinajstić information content (AvgIpc) is 2.69. The maximum absolute atomic E-state index is 6.00. The van der Waals surface area contributed by atoms with Gasteiger partial charge in [0.15, 0.2) is 5.82 Å². The van der Waals surface area contributed by atoms with Crippen LogP contribution in [0.1, 0.15) is 25.2 Å². The molecule has 0 aliphatic carbocycles. The lowest BCUT2D eigenvalue weighted by atomic mass is 10.2. The van der Waals surface area contributed by atoms with E-state index in [1.54, 1.807) is 10.7 Å². The number of rotatable bonds is 3. The monoisotopic (exact) mass is 250 g/mol. The van der Waals surface area contributed by atoms with Crippen molar-refractivity contribution in [2.45, 2.75) is 26.7 Å². The van der Waals surface area contributed by atoms with Gasteiger partial charge in [0.05, 0.1) is 11.3 Å². The Kier molecular flexibility index (Phi) is 3.43. The van der Waals surface area contributed by atoms with Gasteiger partial charge in [-0.1, -0.05) is 25.4 Å². The van der Waals surface area contributed by atoms with Crippen molar-refractivity contribution in [2.75, 3.05) is 0 Å². The summed E-state index contributed by atoms with van der Waals surface area (Å²) in [6.45, 7) is 4.11. The van der Waals surface area contributed by atoms with Gasteiger partial charge >= 0.3 is 0 Å². The van der Waals surface area contributed by atoms with Gasteiger partial charge in [-0.3, -0.25) is 4.68 Å². The summed E-state index contributed by atoms with van der Waals surface area (Å²) < 4.78 is 1.78. The Labute approximate surface area is 106 Å². The minimum atomic E-state index is 0.484. The quantitative estimate of drug-likeness (QED) is 0.787. The lowest BCUT2D eigenvalue weighted by molar-refractivity contribution is 0.746. The third kappa shape index (κ3) is 2.47. The number of nitrogens with zero attached hydrogens (tertiary/aromatic N) is 4. The molecule has 0 aromatic carbocycles. The minimum absolute atomic E-state index is 0.484. The van der Waals surface area contributed by atoms with Crippen LogP contribution >= 0.6 is 11.6 Å². The average molecular weight is 251 g/mol. The fourth-order valence-corrected chi connectivity index (χ4v) is 1.95. The van der Waals surface area contributed by atoms with Gasteiger partial charge in [0.1, 0.15) is 5.15 Å². The number of halogens is 1. The first-order valence-electron chi connectivity index (χ1n) is 5.70. The summed E-state index contributed by atoms with van der Waals surface area (Å²) in [7, 11) is 1.90. The molecule has 0 fully saturated rings. The maximum atomic E-state index is 6.00.